The summed E-state index contributed by atoms with van der Waals surface area (Å²) in [5.74, 6) is 5.34. The first kappa shape index (κ1) is 22.9. The molecule has 33 heavy (non-hydrogen) atoms. The molecule has 0 saturated heterocycles. The van der Waals surface area contributed by atoms with Crippen LogP contribution in [0.1, 0.15) is 41.7 Å². The third kappa shape index (κ3) is 4.73. The quantitative estimate of drug-likeness (QED) is 0.348. The zero-order valence-electron chi connectivity index (χ0n) is 18.0. The maximum absolute atomic E-state index is 13.1. The molecule has 4 rings (SSSR count). The summed E-state index contributed by atoms with van der Waals surface area (Å²) < 4.78 is 46.3. The number of ether oxygens (including phenoxy) is 1. The minimum Gasteiger partial charge on any atom is -0.473 e. The zero-order chi connectivity index (χ0) is 23.8. The lowest BCUT2D eigenvalue weighted by atomic mass is 9.92. The van der Waals surface area contributed by atoms with E-state index in [-0.39, 0.29) is 28.9 Å². The highest BCUT2D eigenvalue weighted by Crippen LogP contribution is 2.31. The van der Waals surface area contributed by atoms with Crippen molar-refractivity contribution >= 4 is 17.2 Å². The fourth-order valence-electron chi connectivity index (χ4n) is 3.82. The van der Waals surface area contributed by atoms with Crippen LogP contribution >= 0.6 is 0 Å². The molecule has 1 amide bonds. The summed E-state index contributed by atoms with van der Waals surface area (Å²) in [6, 6.07) is 1.25. The molecular formula is C20H23F3N8O2. The van der Waals surface area contributed by atoms with Gasteiger partial charge in [-0.1, -0.05) is 0 Å². The lowest BCUT2D eigenvalue weighted by Gasteiger charge is -2.33. The van der Waals surface area contributed by atoms with Crippen LogP contribution in [-0.4, -0.2) is 61.6 Å². The number of carbonyl (C=O) groups excluding carboxylic acids is 1. The van der Waals surface area contributed by atoms with E-state index in [1.165, 1.54) is 12.5 Å². The average molecular weight is 464 g/mol. The second-order valence-corrected chi connectivity index (χ2v) is 8.04. The molecule has 0 spiro atoms. The van der Waals surface area contributed by atoms with E-state index in [1.54, 1.807) is 0 Å². The van der Waals surface area contributed by atoms with E-state index in [9.17, 15) is 18.0 Å². The molecule has 0 atom stereocenters. The average Bonchev–Trinajstić information content (AvgIpc) is 3.21. The van der Waals surface area contributed by atoms with Crippen molar-refractivity contribution in [3.8, 4) is 5.88 Å². The van der Waals surface area contributed by atoms with E-state index in [0.29, 0.717) is 6.04 Å². The van der Waals surface area contributed by atoms with Crippen molar-refractivity contribution in [2.75, 3.05) is 19.1 Å². The van der Waals surface area contributed by atoms with Crippen LogP contribution in [0.15, 0.2) is 31.0 Å². The smallest absolute Gasteiger partial charge is 0.433 e. The number of hydrazine groups is 1. The van der Waals surface area contributed by atoms with E-state index in [0.717, 1.165) is 53.7 Å². The topological polar surface area (TPSA) is 115 Å². The number of anilines is 1. The Morgan fingerprint density at radius 2 is 1.94 bits per heavy atom. The Hall–Kier alpha value is -3.32. The Morgan fingerprint density at radius 3 is 2.61 bits per heavy atom. The van der Waals surface area contributed by atoms with Crippen LogP contribution in [-0.2, 0) is 6.18 Å². The third-order valence-electron chi connectivity index (χ3n) is 5.68. The maximum atomic E-state index is 13.1. The van der Waals surface area contributed by atoms with Crippen LogP contribution in [0.25, 0.3) is 5.65 Å². The molecule has 0 aliphatic heterocycles. The highest BCUT2D eigenvalue weighted by molar-refractivity contribution is 6.09. The molecule has 0 unspecified atom stereocenters. The normalized spacial score (nSPS) is 19.1. The van der Waals surface area contributed by atoms with Crippen LogP contribution in [0.4, 0.5) is 18.9 Å². The zero-order valence-corrected chi connectivity index (χ0v) is 18.0. The summed E-state index contributed by atoms with van der Waals surface area (Å²) in [5, 5.41) is 4.63. The Balaban J connectivity index is 1.57. The monoisotopic (exact) mass is 464 g/mol. The molecule has 1 saturated carbocycles. The Bertz CT molecular complexity index is 1140. The van der Waals surface area contributed by atoms with Gasteiger partial charge in [-0.15, -0.1) is 0 Å². The molecular weight excluding hydrogens is 441 g/mol. The highest BCUT2D eigenvalue weighted by Gasteiger charge is 2.34. The van der Waals surface area contributed by atoms with E-state index in [1.807, 2.05) is 14.1 Å². The predicted octanol–water partition coefficient (Wildman–Crippen LogP) is 2.31. The lowest BCUT2D eigenvalue weighted by Crippen LogP contribution is -2.39. The molecule has 10 nitrogen and oxygen atoms in total. The van der Waals surface area contributed by atoms with E-state index >= 15 is 0 Å². The van der Waals surface area contributed by atoms with Crippen LogP contribution in [0.2, 0.25) is 0 Å². The summed E-state index contributed by atoms with van der Waals surface area (Å²) in [6.45, 7) is 0. The van der Waals surface area contributed by atoms with Crippen molar-refractivity contribution in [3.05, 3.63) is 42.2 Å². The molecule has 1 aliphatic rings. The number of rotatable bonds is 5. The van der Waals surface area contributed by atoms with E-state index < -0.39 is 17.8 Å². The SMILES string of the molecule is CN(C)C1CCC(Oc2ncncc2N(N)C(=O)c2cnn3ccc(C(F)(F)F)nc23)CC1. The van der Waals surface area contributed by atoms with Gasteiger partial charge in [0.05, 0.1) is 12.4 Å². The first-order chi connectivity index (χ1) is 15.6. The number of nitrogens with two attached hydrogens (primary N) is 1. The molecule has 0 aromatic carbocycles. The number of nitrogens with zero attached hydrogens (tertiary/aromatic N) is 7. The fraction of sp³-hybridized carbons (Fsp3) is 0.450. The number of alkyl halides is 3. The van der Waals surface area contributed by atoms with E-state index in [2.05, 4.69) is 25.0 Å². The second-order valence-electron chi connectivity index (χ2n) is 8.04. The first-order valence-electron chi connectivity index (χ1n) is 10.3. The van der Waals surface area contributed by atoms with Crippen molar-refractivity contribution in [2.24, 2.45) is 5.84 Å². The van der Waals surface area contributed by atoms with Crippen molar-refractivity contribution in [1.82, 2.24) is 29.5 Å². The fourth-order valence-corrected chi connectivity index (χ4v) is 3.82. The summed E-state index contributed by atoms with van der Waals surface area (Å²) in [5.41, 5.74) is -1.53. The first-order valence-corrected chi connectivity index (χ1v) is 10.3. The highest BCUT2D eigenvalue weighted by atomic mass is 19.4. The standard InChI is InChI=1S/C20H23F3N8O2/c1-29(2)12-3-5-13(6-4-12)33-18-15(10-25-11-26-18)31(24)19(32)14-9-27-30-8-7-16(20(21,22)23)28-17(14)30/h7-13H,3-6,24H2,1-2H3. The van der Waals surface area contributed by atoms with E-state index in [4.69, 9.17) is 10.6 Å². The van der Waals surface area contributed by atoms with Gasteiger partial charge in [0.15, 0.2) is 5.65 Å². The van der Waals surface area contributed by atoms with Gasteiger partial charge >= 0.3 is 6.18 Å². The molecule has 1 fully saturated rings. The van der Waals surface area contributed by atoms with Gasteiger partial charge in [0.2, 0.25) is 5.88 Å². The number of hydrogen-bond donors (Lipinski definition) is 1. The van der Waals surface area contributed by atoms with Gasteiger partial charge in [0.1, 0.15) is 29.4 Å². The number of carbonyl (C=O) groups is 1. The van der Waals surface area contributed by atoms with Crippen LogP contribution in [0.5, 0.6) is 5.88 Å². The minimum absolute atomic E-state index is 0.0866. The molecule has 0 bridgehead atoms. The van der Waals surface area contributed by atoms with Crippen molar-refractivity contribution < 1.29 is 22.7 Å². The summed E-state index contributed by atoms with van der Waals surface area (Å²) in [7, 11) is 4.08. The molecule has 3 heterocycles. The molecule has 13 heteroatoms. The van der Waals surface area contributed by atoms with Gasteiger partial charge in [-0.3, -0.25) is 4.79 Å². The number of amides is 1. The molecule has 0 radical (unpaired) electrons. The number of halogens is 3. The molecule has 3 aromatic rings. The minimum atomic E-state index is -4.67. The third-order valence-corrected chi connectivity index (χ3v) is 5.68. The van der Waals surface area contributed by atoms with Gasteiger partial charge in [-0.25, -0.2) is 25.3 Å². The molecule has 1 aliphatic carbocycles. The summed E-state index contributed by atoms with van der Waals surface area (Å²) in [6.07, 6.45) is 3.52. The number of fused-ring (bicyclic) bond motifs is 1. The van der Waals surface area contributed by atoms with Crippen LogP contribution in [0.3, 0.4) is 0 Å². The largest absolute Gasteiger partial charge is 0.473 e. The Kier molecular flexibility index (Phi) is 6.17. The van der Waals surface area contributed by atoms with Gasteiger partial charge in [-0.05, 0) is 45.8 Å². The predicted molar refractivity (Wildman–Crippen MR) is 111 cm³/mol. The maximum Gasteiger partial charge on any atom is 0.433 e. The molecule has 3 aromatic heterocycles. The van der Waals surface area contributed by atoms with Crippen molar-refractivity contribution in [2.45, 2.75) is 44.0 Å². The van der Waals surface area contributed by atoms with Crippen LogP contribution < -0.4 is 15.6 Å². The van der Waals surface area contributed by atoms with Gasteiger partial charge in [0, 0.05) is 12.2 Å². The van der Waals surface area contributed by atoms with Crippen molar-refractivity contribution in [3.63, 3.8) is 0 Å². The number of aromatic nitrogens is 5. The van der Waals surface area contributed by atoms with Crippen LogP contribution in [0, 0.1) is 0 Å². The lowest BCUT2D eigenvalue weighted by molar-refractivity contribution is -0.141. The Morgan fingerprint density at radius 1 is 1.21 bits per heavy atom. The number of hydrogen-bond acceptors (Lipinski definition) is 8. The molecule has 2 N–H and O–H groups in total. The molecule has 176 valence electrons. The van der Waals surface area contributed by atoms with Gasteiger partial charge in [0.25, 0.3) is 5.91 Å². The summed E-state index contributed by atoms with van der Waals surface area (Å²) in [4.78, 5) is 26.8. The summed E-state index contributed by atoms with van der Waals surface area (Å²) >= 11 is 0. The van der Waals surface area contributed by atoms with Gasteiger partial charge < -0.3 is 9.64 Å². The second kappa shape index (κ2) is 8.90. The Labute approximate surface area is 187 Å². The van der Waals surface area contributed by atoms with Gasteiger partial charge in [-0.2, -0.15) is 23.3 Å². The van der Waals surface area contributed by atoms with Crippen molar-refractivity contribution in [1.29, 1.82) is 0 Å².